The van der Waals surface area contributed by atoms with Gasteiger partial charge in [-0.1, -0.05) is 89.7 Å². The smallest absolute Gasteiger partial charge is 0.236 e. The summed E-state index contributed by atoms with van der Waals surface area (Å²) in [5, 5.41) is 17.8. The van der Waals surface area contributed by atoms with Crippen molar-refractivity contribution in [3.63, 3.8) is 0 Å². The number of hydrogen-bond donors (Lipinski definition) is 1. The van der Waals surface area contributed by atoms with Crippen LogP contribution in [-0.4, -0.2) is 19.8 Å². The van der Waals surface area contributed by atoms with Gasteiger partial charge in [-0.3, -0.25) is 0 Å². The average Bonchev–Trinajstić information content (AvgIpc) is 3.33. The molecule has 6 heteroatoms. The predicted octanol–water partition coefficient (Wildman–Crippen LogP) is 5.42. The van der Waals surface area contributed by atoms with E-state index in [1.807, 2.05) is 16.6 Å². The van der Waals surface area contributed by atoms with E-state index in [1.165, 1.54) is 16.9 Å². The third kappa shape index (κ3) is 3.50. The van der Waals surface area contributed by atoms with Crippen LogP contribution >= 0.6 is 11.3 Å². The molecule has 0 bridgehead atoms. The van der Waals surface area contributed by atoms with Gasteiger partial charge in [-0.2, -0.15) is 4.52 Å². The van der Waals surface area contributed by atoms with Crippen molar-refractivity contribution >= 4 is 27.1 Å². The Labute approximate surface area is 172 Å². The lowest BCUT2D eigenvalue weighted by molar-refractivity contribution is 0.786. The molecule has 5 aromatic rings. The van der Waals surface area contributed by atoms with E-state index in [2.05, 4.69) is 95.2 Å². The standard InChI is InChI=1S/C23H19N5S/c1-16-12-14-19(15-13-16)24-22-27-28-21(25-26-23(28)29-22)20(17-8-4-2-5-9-17)18-10-6-3-7-11-18/h2-15,20H,1H3,(H,24,27). The Hall–Kier alpha value is -3.51. The molecule has 3 aromatic carbocycles. The van der Waals surface area contributed by atoms with E-state index in [0.717, 1.165) is 32.7 Å². The number of nitrogens with zero attached hydrogens (tertiary/aromatic N) is 4. The van der Waals surface area contributed by atoms with Crippen molar-refractivity contribution in [1.29, 1.82) is 0 Å². The van der Waals surface area contributed by atoms with Gasteiger partial charge in [0.1, 0.15) is 0 Å². The van der Waals surface area contributed by atoms with E-state index in [1.54, 1.807) is 0 Å². The van der Waals surface area contributed by atoms with Gasteiger partial charge in [0.2, 0.25) is 10.1 Å². The molecule has 0 spiro atoms. The van der Waals surface area contributed by atoms with Gasteiger partial charge in [0.05, 0.1) is 5.92 Å². The Kier molecular flexibility index (Phi) is 4.54. The molecule has 0 saturated carbocycles. The fourth-order valence-electron chi connectivity index (χ4n) is 3.40. The monoisotopic (exact) mass is 397 g/mol. The molecule has 0 aliphatic heterocycles. The molecule has 142 valence electrons. The van der Waals surface area contributed by atoms with Crippen LogP contribution in [0.15, 0.2) is 84.9 Å². The van der Waals surface area contributed by atoms with E-state index in [0.29, 0.717) is 0 Å². The van der Waals surface area contributed by atoms with Gasteiger partial charge in [0, 0.05) is 5.69 Å². The summed E-state index contributed by atoms with van der Waals surface area (Å²) in [5.74, 6) is 0.771. The molecule has 2 aromatic heterocycles. The maximum atomic E-state index is 4.76. The van der Waals surface area contributed by atoms with Crippen LogP contribution in [0.1, 0.15) is 28.4 Å². The van der Waals surface area contributed by atoms with E-state index >= 15 is 0 Å². The van der Waals surface area contributed by atoms with E-state index in [-0.39, 0.29) is 5.92 Å². The normalized spacial score (nSPS) is 11.2. The lowest BCUT2D eigenvalue weighted by Crippen LogP contribution is -2.09. The third-order valence-corrected chi connectivity index (χ3v) is 5.66. The zero-order valence-electron chi connectivity index (χ0n) is 15.9. The predicted molar refractivity (Wildman–Crippen MR) is 117 cm³/mol. The summed E-state index contributed by atoms with van der Waals surface area (Å²) in [6.07, 6.45) is 0. The third-order valence-electron chi connectivity index (χ3n) is 4.84. The van der Waals surface area contributed by atoms with Crippen LogP contribution in [0.5, 0.6) is 0 Å². The molecular formula is C23H19N5S. The molecule has 29 heavy (non-hydrogen) atoms. The zero-order chi connectivity index (χ0) is 19.6. The fourth-order valence-corrected chi connectivity index (χ4v) is 4.17. The number of nitrogens with one attached hydrogen (secondary N) is 1. The molecule has 0 fully saturated rings. The minimum Gasteiger partial charge on any atom is -0.330 e. The Balaban J connectivity index is 1.57. The van der Waals surface area contributed by atoms with Crippen molar-refractivity contribution in [2.75, 3.05) is 5.32 Å². The van der Waals surface area contributed by atoms with Crippen molar-refractivity contribution in [2.45, 2.75) is 12.8 Å². The molecule has 1 N–H and O–H groups in total. The maximum absolute atomic E-state index is 4.76. The molecule has 0 amide bonds. The SMILES string of the molecule is Cc1ccc(Nc2nn3c(C(c4ccccc4)c4ccccc4)nnc3s2)cc1. The lowest BCUT2D eigenvalue weighted by atomic mass is 9.91. The molecule has 2 heterocycles. The first kappa shape index (κ1) is 17.6. The molecule has 0 aliphatic rings. The summed E-state index contributed by atoms with van der Waals surface area (Å²) < 4.78 is 1.85. The second-order valence-corrected chi connectivity index (χ2v) is 7.86. The number of fused-ring (bicyclic) bond motifs is 1. The summed E-state index contributed by atoms with van der Waals surface area (Å²) in [6.45, 7) is 2.08. The molecule has 0 unspecified atom stereocenters. The van der Waals surface area contributed by atoms with Crippen LogP contribution < -0.4 is 5.32 Å². The fraction of sp³-hybridized carbons (Fsp3) is 0.0870. The Morgan fingerprint density at radius 3 is 2.03 bits per heavy atom. The van der Waals surface area contributed by atoms with Gasteiger partial charge >= 0.3 is 0 Å². The molecular weight excluding hydrogens is 378 g/mol. The summed E-state index contributed by atoms with van der Waals surface area (Å²) in [6, 6.07) is 29.0. The summed E-state index contributed by atoms with van der Waals surface area (Å²) in [7, 11) is 0. The summed E-state index contributed by atoms with van der Waals surface area (Å²) >= 11 is 1.49. The van der Waals surface area contributed by atoms with Crippen LogP contribution in [0.25, 0.3) is 4.96 Å². The number of aromatic nitrogens is 4. The minimum atomic E-state index is -0.0401. The summed E-state index contributed by atoms with van der Waals surface area (Å²) in [4.78, 5) is 0.770. The van der Waals surface area contributed by atoms with Crippen molar-refractivity contribution in [3.8, 4) is 0 Å². The average molecular weight is 398 g/mol. The highest BCUT2D eigenvalue weighted by atomic mass is 32.1. The molecule has 0 saturated heterocycles. The van der Waals surface area contributed by atoms with Crippen LogP contribution in [0.4, 0.5) is 10.8 Å². The first-order valence-electron chi connectivity index (χ1n) is 9.44. The topological polar surface area (TPSA) is 55.1 Å². The zero-order valence-corrected chi connectivity index (χ0v) is 16.7. The van der Waals surface area contributed by atoms with Crippen molar-refractivity contribution in [2.24, 2.45) is 0 Å². The Morgan fingerprint density at radius 1 is 0.793 bits per heavy atom. The van der Waals surface area contributed by atoms with Gasteiger partial charge < -0.3 is 5.32 Å². The Bertz CT molecular complexity index is 1190. The number of anilines is 2. The molecule has 0 aliphatic carbocycles. The van der Waals surface area contributed by atoms with Crippen molar-refractivity contribution < 1.29 is 0 Å². The Morgan fingerprint density at radius 2 is 1.41 bits per heavy atom. The highest BCUT2D eigenvalue weighted by Crippen LogP contribution is 2.32. The highest BCUT2D eigenvalue weighted by molar-refractivity contribution is 7.20. The maximum Gasteiger partial charge on any atom is 0.236 e. The van der Waals surface area contributed by atoms with Crippen molar-refractivity contribution in [3.05, 3.63) is 107 Å². The van der Waals surface area contributed by atoms with Crippen LogP contribution in [-0.2, 0) is 0 Å². The molecule has 0 radical (unpaired) electrons. The number of aryl methyl sites for hydroxylation is 1. The van der Waals surface area contributed by atoms with Gasteiger partial charge in [-0.05, 0) is 30.2 Å². The van der Waals surface area contributed by atoms with E-state index in [9.17, 15) is 0 Å². The molecule has 0 atom stereocenters. The molecule has 5 nitrogen and oxygen atoms in total. The molecule has 5 rings (SSSR count). The van der Waals surface area contributed by atoms with Crippen LogP contribution in [0, 0.1) is 6.92 Å². The van der Waals surface area contributed by atoms with Gasteiger partial charge in [-0.25, -0.2) is 0 Å². The highest BCUT2D eigenvalue weighted by Gasteiger charge is 2.24. The van der Waals surface area contributed by atoms with Gasteiger partial charge in [0.25, 0.3) is 0 Å². The largest absolute Gasteiger partial charge is 0.330 e. The first-order chi connectivity index (χ1) is 14.3. The number of hydrogen-bond acceptors (Lipinski definition) is 5. The van der Waals surface area contributed by atoms with Gasteiger partial charge in [-0.15, -0.1) is 15.3 Å². The second-order valence-electron chi connectivity index (χ2n) is 6.91. The van der Waals surface area contributed by atoms with E-state index < -0.39 is 0 Å². The van der Waals surface area contributed by atoms with Crippen LogP contribution in [0.2, 0.25) is 0 Å². The van der Waals surface area contributed by atoms with Crippen molar-refractivity contribution in [1.82, 2.24) is 19.8 Å². The van der Waals surface area contributed by atoms with Gasteiger partial charge in [0.15, 0.2) is 5.82 Å². The lowest BCUT2D eigenvalue weighted by Gasteiger charge is -2.15. The number of benzene rings is 3. The minimum absolute atomic E-state index is 0.0401. The second kappa shape index (κ2) is 7.48. The summed E-state index contributed by atoms with van der Waals surface area (Å²) in [5.41, 5.74) is 4.55. The number of rotatable bonds is 5. The van der Waals surface area contributed by atoms with E-state index in [4.69, 9.17) is 5.10 Å². The van der Waals surface area contributed by atoms with Crippen LogP contribution in [0.3, 0.4) is 0 Å². The quantitative estimate of drug-likeness (QED) is 0.430. The first-order valence-corrected chi connectivity index (χ1v) is 10.3.